The lowest BCUT2D eigenvalue weighted by molar-refractivity contribution is -0.162. The number of carbonyl (C=O) groups is 10. The number of aliphatic carboxylic acids is 2. The summed E-state index contributed by atoms with van der Waals surface area (Å²) in [5.74, 6) is -6.32. The summed E-state index contributed by atoms with van der Waals surface area (Å²) in [6.45, 7) is 7.14. The molecule has 28 nitrogen and oxygen atoms in total. The largest absolute Gasteiger partial charge is 0.493 e. The van der Waals surface area contributed by atoms with Gasteiger partial charge in [-0.15, -0.1) is 0 Å². The van der Waals surface area contributed by atoms with E-state index in [0.29, 0.717) is 61.7 Å². The normalized spacial score (nSPS) is 16.0. The van der Waals surface area contributed by atoms with E-state index >= 15 is 0 Å². The van der Waals surface area contributed by atoms with Crippen LogP contribution in [0.5, 0.6) is 23.0 Å². The molecule has 0 radical (unpaired) electrons. The number of amides is 2. The number of rotatable bonds is 22. The molecule has 6 N–H and O–H groups in total. The highest BCUT2D eigenvalue weighted by Gasteiger charge is 2.44. The van der Waals surface area contributed by atoms with Crippen molar-refractivity contribution < 1.29 is 106 Å². The second kappa shape index (κ2) is 37.8. The van der Waals surface area contributed by atoms with E-state index in [1.165, 1.54) is 99.0 Å². The average Bonchev–Trinajstić information content (AvgIpc) is 0.768. The molecule has 10 rings (SSSR count). The van der Waals surface area contributed by atoms with Crippen molar-refractivity contribution in [2.75, 3.05) is 96.0 Å². The van der Waals surface area contributed by atoms with Crippen molar-refractivity contribution >= 4 is 59.6 Å². The fraction of sp³-hybridized carbons (Fsp3) is 0.342. The number of benzene rings is 6. The molecule has 0 saturated carbocycles. The molecule has 28 heteroatoms. The lowest BCUT2D eigenvalue weighted by Gasteiger charge is -2.41. The first-order chi connectivity index (χ1) is 49.8. The highest BCUT2D eigenvalue weighted by molar-refractivity contribution is 5.98. The predicted octanol–water partition coefficient (Wildman–Crippen LogP) is 6.79. The molecule has 0 bridgehead atoms. The zero-order chi connectivity index (χ0) is 75.9. The molecule has 552 valence electrons. The fourth-order valence-corrected chi connectivity index (χ4v) is 11.6. The number of nitrogens with two attached hydrogens (primary N) is 2. The summed E-state index contributed by atoms with van der Waals surface area (Å²) in [5, 5.41) is 19.0. The van der Waals surface area contributed by atoms with Crippen LogP contribution >= 0.6 is 0 Å². The molecule has 0 aromatic heterocycles. The Labute approximate surface area is 601 Å². The molecule has 4 aliphatic heterocycles. The number of nitrogens with zero attached hydrogens (tertiary/aromatic N) is 4. The van der Waals surface area contributed by atoms with Crippen molar-refractivity contribution in [3.05, 3.63) is 213 Å². The third-order valence-electron chi connectivity index (χ3n) is 17.0. The summed E-state index contributed by atoms with van der Waals surface area (Å²) >= 11 is 0. The highest BCUT2D eigenvalue weighted by Crippen LogP contribution is 2.44. The lowest BCUT2D eigenvalue weighted by atomic mass is 9.86. The number of carboxylic acid groups (broad SMARTS) is 2. The molecule has 6 aromatic carbocycles. The third kappa shape index (κ3) is 20.3. The Hall–Kier alpha value is -11.8. The molecule has 2 amide bonds. The van der Waals surface area contributed by atoms with Crippen LogP contribution < -0.4 is 30.4 Å². The monoisotopic (exact) mass is 1430 g/mol. The Morgan fingerprint density at radius 1 is 0.423 bits per heavy atom. The van der Waals surface area contributed by atoms with Gasteiger partial charge in [0.2, 0.25) is 24.4 Å². The van der Waals surface area contributed by atoms with Gasteiger partial charge in [0.25, 0.3) is 11.8 Å². The summed E-state index contributed by atoms with van der Waals surface area (Å²) in [6.07, 6.45) is -4.69. The molecule has 0 spiro atoms. The quantitative estimate of drug-likeness (QED) is 0.0401. The van der Waals surface area contributed by atoms with Crippen molar-refractivity contribution in [3.8, 4) is 23.0 Å². The SMILES string of the molecule is CCOC(=O)C1=C(N)CC2c3cc(OC)c(OC)cc3CCN2C1.CCOC(=O)C1=C(N)C[C@H]2c3cc(OC)c(OC)cc3CCN2C1.CN(C)C(=O)[C@@H](OC(=O)c1ccccc1)[C@H](OC(=O)c1ccccc1)C(=O)O.CN(C)C(=O)[C@@H](OC(=O)c1ccccc1)[C@H](OC(=O)c1ccccc1)C(=O)O. The molecule has 0 aliphatic carbocycles. The Kier molecular flexibility index (Phi) is 28.9. The number of esters is 6. The van der Waals surface area contributed by atoms with Crippen molar-refractivity contribution in [2.24, 2.45) is 11.5 Å². The lowest BCUT2D eigenvalue weighted by Crippen LogP contribution is -2.49. The zero-order valence-electron chi connectivity index (χ0n) is 59.4. The number of hydrogen-bond acceptors (Lipinski definition) is 24. The molecule has 4 heterocycles. The van der Waals surface area contributed by atoms with Gasteiger partial charge in [-0.05, 0) is 122 Å². The van der Waals surface area contributed by atoms with Crippen molar-refractivity contribution in [3.63, 3.8) is 0 Å². The summed E-state index contributed by atoms with van der Waals surface area (Å²) in [7, 11) is 12.0. The minimum atomic E-state index is -2.02. The molecule has 0 saturated heterocycles. The Balaban J connectivity index is 0.000000194. The van der Waals surface area contributed by atoms with Gasteiger partial charge < -0.3 is 78.8 Å². The van der Waals surface area contributed by atoms with Crippen LogP contribution in [0.1, 0.15) is 102 Å². The standard InChI is InChI=1S/2C20H19NO7.2C18H24N2O4/c2*1-21(2)17(22)15(27-19(25)13-9-5-3-6-10-13)16(18(23)24)28-20(26)14-11-7-4-8-12-14;2*1-4-24-18(21)13-10-20-6-5-11-7-16(22-2)17(23-3)8-12(11)15(20)9-14(13)19/h2*3-12,15-16H,1-2H3,(H,23,24);2*7-8,15H,4-6,9-10,19H2,1-3H3/t2*15-,16-;15-;/m000./s1. The fourth-order valence-electron chi connectivity index (χ4n) is 11.6. The van der Waals surface area contributed by atoms with Gasteiger partial charge in [0.05, 0.1) is 75.1 Å². The number of methoxy groups -OCH3 is 4. The Morgan fingerprint density at radius 3 is 0.942 bits per heavy atom. The minimum absolute atomic E-state index is 0.0965. The first-order valence-electron chi connectivity index (χ1n) is 33.0. The van der Waals surface area contributed by atoms with Gasteiger partial charge >= 0.3 is 47.8 Å². The van der Waals surface area contributed by atoms with Crippen LogP contribution in [0.4, 0.5) is 0 Å². The van der Waals surface area contributed by atoms with Crippen LogP contribution in [0.3, 0.4) is 0 Å². The highest BCUT2D eigenvalue weighted by atomic mass is 16.6. The van der Waals surface area contributed by atoms with Gasteiger partial charge in [-0.25, -0.2) is 38.4 Å². The maximum atomic E-state index is 12.5. The first-order valence-corrected chi connectivity index (χ1v) is 33.0. The van der Waals surface area contributed by atoms with Crippen molar-refractivity contribution in [1.29, 1.82) is 0 Å². The smallest absolute Gasteiger partial charge is 0.349 e. The number of likely N-dealkylation sites (N-methyl/N-ethyl adjacent to an activating group) is 2. The van der Waals surface area contributed by atoms with E-state index < -0.39 is 72.0 Å². The van der Waals surface area contributed by atoms with E-state index in [-0.39, 0.29) is 46.3 Å². The second-order valence-electron chi connectivity index (χ2n) is 24.1. The minimum Gasteiger partial charge on any atom is -0.493 e. The summed E-state index contributed by atoms with van der Waals surface area (Å²) in [6, 6.07) is 39.4. The first kappa shape index (κ1) is 79.5. The van der Waals surface area contributed by atoms with Crippen LogP contribution in [0, 0.1) is 0 Å². The van der Waals surface area contributed by atoms with E-state index in [1.807, 2.05) is 24.3 Å². The predicted molar refractivity (Wildman–Crippen MR) is 375 cm³/mol. The molecule has 4 aliphatic rings. The van der Waals surface area contributed by atoms with Crippen LogP contribution in [-0.2, 0) is 70.0 Å². The Bertz CT molecular complexity index is 3850. The van der Waals surface area contributed by atoms with E-state index in [9.17, 15) is 58.2 Å². The third-order valence-corrected chi connectivity index (χ3v) is 17.0. The van der Waals surface area contributed by atoms with Gasteiger partial charge in [0.1, 0.15) is 0 Å². The van der Waals surface area contributed by atoms with Gasteiger partial charge in [0, 0.05) is 90.7 Å². The van der Waals surface area contributed by atoms with Crippen molar-refractivity contribution in [2.45, 2.75) is 76.0 Å². The van der Waals surface area contributed by atoms with Crippen LogP contribution in [0.2, 0.25) is 0 Å². The molecule has 104 heavy (non-hydrogen) atoms. The maximum absolute atomic E-state index is 12.5. The van der Waals surface area contributed by atoms with Gasteiger partial charge in [0.15, 0.2) is 23.0 Å². The van der Waals surface area contributed by atoms with E-state index in [0.717, 1.165) is 58.7 Å². The van der Waals surface area contributed by atoms with Gasteiger partial charge in [-0.2, -0.15) is 0 Å². The number of carbonyl (C=O) groups excluding carboxylic acids is 8. The molecule has 0 fully saturated rings. The van der Waals surface area contributed by atoms with E-state index in [2.05, 4.69) is 9.80 Å². The number of ether oxygens (including phenoxy) is 10. The molecule has 6 atom stereocenters. The van der Waals surface area contributed by atoms with Gasteiger partial charge in [-0.3, -0.25) is 19.4 Å². The zero-order valence-corrected chi connectivity index (χ0v) is 59.4. The topological polar surface area (TPSA) is 368 Å². The number of fused-ring (bicyclic) bond motifs is 6. The summed E-state index contributed by atoms with van der Waals surface area (Å²) < 4.78 is 52.2. The summed E-state index contributed by atoms with van der Waals surface area (Å²) in [5.41, 5.74) is 20.2. The number of hydrogen-bond donors (Lipinski definition) is 4. The molecular weight excluding hydrogens is 1350 g/mol. The van der Waals surface area contributed by atoms with E-state index in [4.69, 9.17) is 58.8 Å². The molecule has 1 unspecified atom stereocenters. The molecular formula is C76H86N6O22. The molecule has 6 aromatic rings. The summed E-state index contributed by atoms with van der Waals surface area (Å²) in [4.78, 5) is 128. The second-order valence-corrected chi connectivity index (χ2v) is 24.1. The van der Waals surface area contributed by atoms with Crippen molar-refractivity contribution in [1.82, 2.24) is 19.6 Å². The maximum Gasteiger partial charge on any atom is 0.349 e. The van der Waals surface area contributed by atoms with Gasteiger partial charge in [-0.1, -0.05) is 72.8 Å². The van der Waals surface area contributed by atoms with Crippen LogP contribution in [0.15, 0.2) is 168 Å². The van der Waals surface area contributed by atoms with E-state index in [1.54, 1.807) is 115 Å². The average molecular weight is 1440 g/mol. The Morgan fingerprint density at radius 2 is 0.692 bits per heavy atom. The number of carboxylic acids is 2. The van der Waals surface area contributed by atoms with Crippen LogP contribution in [0.25, 0.3) is 0 Å². The van der Waals surface area contributed by atoms with Crippen LogP contribution in [-0.4, -0.2) is 210 Å².